The third-order valence-electron chi connectivity index (χ3n) is 2.65. The van der Waals surface area contributed by atoms with Crippen molar-refractivity contribution < 1.29 is 0 Å². The van der Waals surface area contributed by atoms with E-state index in [4.69, 9.17) is 0 Å². The fraction of sp³-hybridized carbons (Fsp3) is 0.200. The summed E-state index contributed by atoms with van der Waals surface area (Å²) in [6, 6.07) is 8.58. The molecule has 0 saturated carbocycles. The third-order valence-corrected chi connectivity index (χ3v) is 2.93. The molecule has 0 aromatic heterocycles. The first-order valence-corrected chi connectivity index (χ1v) is 5.90. The summed E-state index contributed by atoms with van der Waals surface area (Å²) in [6.45, 7) is 4.19. The van der Waals surface area contributed by atoms with Crippen LogP contribution in [0.1, 0.15) is 18.1 Å². The average molecular weight is 228 g/mol. The van der Waals surface area contributed by atoms with Crippen molar-refractivity contribution in [2.24, 2.45) is 0 Å². The second kappa shape index (κ2) is 4.34. The van der Waals surface area contributed by atoms with Crippen LogP contribution >= 0.6 is 12.6 Å². The van der Waals surface area contributed by atoms with Crippen molar-refractivity contribution in [3.8, 4) is 0 Å². The number of hydrogen-bond acceptors (Lipinski definition) is 1. The van der Waals surface area contributed by atoms with Gasteiger partial charge in [-0.3, -0.25) is 0 Å². The topological polar surface area (TPSA) is 0 Å². The van der Waals surface area contributed by atoms with E-state index in [2.05, 4.69) is 75.0 Å². The second-order valence-electron chi connectivity index (χ2n) is 4.41. The molecule has 1 atom stereocenters. The number of benzene rings is 1. The summed E-state index contributed by atoms with van der Waals surface area (Å²) in [5, 5.41) is 0. The van der Waals surface area contributed by atoms with Crippen molar-refractivity contribution in [2.75, 3.05) is 0 Å². The summed E-state index contributed by atoms with van der Waals surface area (Å²) in [5.41, 5.74) is 3.75. The highest BCUT2D eigenvalue weighted by Gasteiger charge is 2.14. The molecule has 0 spiro atoms. The Hall–Kier alpha value is -1.21. The smallest absolute Gasteiger partial charge is 0.0472 e. The van der Waals surface area contributed by atoms with Crippen LogP contribution in [0.15, 0.2) is 54.6 Å². The van der Waals surface area contributed by atoms with E-state index in [1.165, 1.54) is 16.7 Å². The lowest BCUT2D eigenvalue weighted by molar-refractivity contribution is 1.02. The van der Waals surface area contributed by atoms with Gasteiger partial charge >= 0.3 is 0 Å². The maximum Gasteiger partial charge on any atom is 0.0472 e. The largest absolute Gasteiger partial charge is 0.164 e. The maximum atomic E-state index is 4.61. The first-order chi connectivity index (χ1) is 7.57. The molecule has 1 heteroatoms. The zero-order valence-corrected chi connectivity index (χ0v) is 10.5. The molecule has 0 aliphatic heterocycles. The lowest BCUT2D eigenvalue weighted by atomic mass is 10.0. The van der Waals surface area contributed by atoms with Crippen molar-refractivity contribution in [1.82, 2.24) is 0 Å². The molecule has 1 aromatic carbocycles. The van der Waals surface area contributed by atoms with Crippen LogP contribution in [0.5, 0.6) is 0 Å². The number of aryl methyl sites for hydroxylation is 1. The van der Waals surface area contributed by atoms with Crippen LogP contribution in [0.25, 0.3) is 5.57 Å². The van der Waals surface area contributed by atoms with Gasteiger partial charge < -0.3 is 0 Å². The van der Waals surface area contributed by atoms with Crippen molar-refractivity contribution in [3.05, 3.63) is 65.8 Å². The number of rotatable bonds is 1. The predicted octanol–water partition coefficient (Wildman–Crippen LogP) is 4.19. The molecule has 0 bridgehead atoms. The molecule has 0 amide bonds. The predicted molar refractivity (Wildman–Crippen MR) is 74.8 cm³/mol. The molecule has 0 N–H and O–H groups in total. The zero-order valence-electron chi connectivity index (χ0n) is 9.64. The highest BCUT2D eigenvalue weighted by atomic mass is 32.1. The Labute approximate surface area is 103 Å². The van der Waals surface area contributed by atoms with E-state index in [-0.39, 0.29) is 4.75 Å². The molecule has 1 aliphatic carbocycles. The molecule has 0 fully saturated rings. The first kappa shape index (κ1) is 11.3. The van der Waals surface area contributed by atoms with Crippen LogP contribution in [0.4, 0.5) is 0 Å². The Morgan fingerprint density at radius 3 is 2.44 bits per heavy atom. The van der Waals surface area contributed by atoms with Crippen LogP contribution in [0.3, 0.4) is 0 Å². The normalized spacial score (nSPS) is 24.1. The van der Waals surface area contributed by atoms with Gasteiger partial charge in [-0.25, -0.2) is 0 Å². The van der Waals surface area contributed by atoms with Crippen LogP contribution in [0.2, 0.25) is 0 Å². The maximum absolute atomic E-state index is 4.61. The Kier molecular flexibility index (Phi) is 3.06. The Morgan fingerprint density at radius 2 is 1.75 bits per heavy atom. The Morgan fingerprint density at radius 1 is 1.06 bits per heavy atom. The molecule has 1 aromatic rings. The van der Waals surface area contributed by atoms with Gasteiger partial charge in [0, 0.05) is 4.75 Å². The molecular formula is C15H16S. The van der Waals surface area contributed by atoms with E-state index in [0.717, 1.165) is 0 Å². The lowest BCUT2D eigenvalue weighted by Gasteiger charge is -2.14. The van der Waals surface area contributed by atoms with Crippen molar-refractivity contribution >= 4 is 18.2 Å². The standard InChI is InChI=1S/C15H16S/c1-12-6-8-13(9-7-12)14-5-3-4-10-15(2,16)11-14/h3-11,16H,1-2H3. The van der Waals surface area contributed by atoms with Gasteiger partial charge in [-0.1, -0.05) is 60.2 Å². The summed E-state index contributed by atoms with van der Waals surface area (Å²) in [7, 11) is 0. The summed E-state index contributed by atoms with van der Waals surface area (Å²) >= 11 is 4.61. The van der Waals surface area contributed by atoms with E-state index in [0.29, 0.717) is 0 Å². The van der Waals surface area contributed by atoms with Gasteiger partial charge in [0.1, 0.15) is 0 Å². The van der Waals surface area contributed by atoms with Gasteiger partial charge in [0.25, 0.3) is 0 Å². The van der Waals surface area contributed by atoms with Crippen LogP contribution in [-0.4, -0.2) is 4.75 Å². The molecule has 82 valence electrons. The zero-order chi connectivity index (χ0) is 11.6. The van der Waals surface area contributed by atoms with E-state index >= 15 is 0 Å². The molecule has 2 rings (SSSR count). The van der Waals surface area contributed by atoms with Crippen molar-refractivity contribution in [2.45, 2.75) is 18.6 Å². The monoisotopic (exact) mass is 228 g/mol. The van der Waals surface area contributed by atoms with Gasteiger partial charge in [-0.15, -0.1) is 0 Å². The second-order valence-corrected chi connectivity index (χ2v) is 5.37. The molecule has 0 nitrogen and oxygen atoms in total. The number of thiol groups is 1. The highest BCUT2D eigenvalue weighted by molar-refractivity contribution is 7.82. The van der Waals surface area contributed by atoms with Crippen LogP contribution in [-0.2, 0) is 0 Å². The third kappa shape index (κ3) is 2.67. The van der Waals surface area contributed by atoms with Gasteiger partial charge in [0.05, 0.1) is 0 Å². The summed E-state index contributed by atoms with van der Waals surface area (Å²) in [4.78, 5) is 0. The van der Waals surface area contributed by atoms with Crippen molar-refractivity contribution in [3.63, 3.8) is 0 Å². The van der Waals surface area contributed by atoms with E-state index in [1.54, 1.807) is 0 Å². The molecular weight excluding hydrogens is 212 g/mol. The van der Waals surface area contributed by atoms with Gasteiger partial charge in [-0.05, 0) is 25.0 Å². The minimum atomic E-state index is -0.177. The molecule has 0 heterocycles. The Bertz CT molecular complexity index is 459. The minimum Gasteiger partial charge on any atom is -0.164 e. The van der Waals surface area contributed by atoms with E-state index in [1.807, 2.05) is 6.08 Å². The Balaban J connectivity index is 2.41. The summed E-state index contributed by atoms with van der Waals surface area (Å²) < 4.78 is -0.177. The van der Waals surface area contributed by atoms with E-state index < -0.39 is 0 Å². The first-order valence-electron chi connectivity index (χ1n) is 5.45. The molecule has 0 saturated heterocycles. The number of hydrogen-bond donors (Lipinski definition) is 1. The van der Waals surface area contributed by atoms with Crippen molar-refractivity contribution in [1.29, 1.82) is 0 Å². The van der Waals surface area contributed by atoms with Gasteiger partial charge in [0.2, 0.25) is 0 Å². The summed E-state index contributed by atoms with van der Waals surface area (Å²) in [5.74, 6) is 0. The lowest BCUT2D eigenvalue weighted by Crippen LogP contribution is -2.07. The fourth-order valence-electron chi connectivity index (χ4n) is 1.75. The van der Waals surface area contributed by atoms with Crippen LogP contribution in [0, 0.1) is 6.92 Å². The van der Waals surface area contributed by atoms with Gasteiger partial charge in [-0.2, -0.15) is 12.6 Å². The molecule has 1 aliphatic rings. The van der Waals surface area contributed by atoms with Gasteiger partial charge in [0.15, 0.2) is 0 Å². The summed E-state index contributed by atoms with van der Waals surface area (Å²) in [6.07, 6.45) is 10.5. The fourth-order valence-corrected chi connectivity index (χ4v) is 1.97. The molecule has 0 radical (unpaired) electrons. The van der Waals surface area contributed by atoms with E-state index in [9.17, 15) is 0 Å². The quantitative estimate of drug-likeness (QED) is 0.684. The SMILES string of the molecule is Cc1ccc(C2=CC(C)(S)C=CC=C2)cc1. The average Bonchev–Trinajstić information content (AvgIpc) is 2.40. The highest BCUT2D eigenvalue weighted by Crippen LogP contribution is 2.27. The van der Waals surface area contributed by atoms with Crippen LogP contribution < -0.4 is 0 Å². The molecule has 1 unspecified atom stereocenters. The molecule has 16 heavy (non-hydrogen) atoms. The minimum absolute atomic E-state index is 0.177. The number of allylic oxidation sites excluding steroid dienone is 4.